The van der Waals surface area contributed by atoms with Crippen molar-refractivity contribution >= 4 is 10.0 Å². The Balaban J connectivity index is 1.92. The fourth-order valence-corrected chi connectivity index (χ4v) is 4.77. The van der Waals surface area contributed by atoms with Crippen LogP contribution in [0, 0.1) is 5.82 Å². The van der Waals surface area contributed by atoms with Crippen molar-refractivity contribution in [3.05, 3.63) is 59.9 Å². The number of rotatable bonds is 5. The number of sulfonamides is 1. The Kier molecular flexibility index (Phi) is 4.87. The molecule has 0 radical (unpaired) electrons. The van der Waals surface area contributed by atoms with Crippen molar-refractivity contribution in [3.63, 3.8) is 0 Å². The van der Waals surface area contributed by atoms with Crippen LogP contribution in [0.25, 0.3) is 0 Å². The van der Waals surface area contributed by atoms with Gasteiger partial charge in [0.05, 0.1) is 17.5 Å². The minimum absolute atomic E-state index is 0.203. The number of hydrogen-bond acceptors (Lipinski definition) is 3. The van der Waals surface area contributed by atoms with Crippen molar-refractivity contribution in [3.8, 4) is 5.75 Å². The van der Waals surface area contributed by atoms with Gasteiger partial charge in [-0.05, 0) is 50.1 Å². The Morgan fingerprint density at radius 1 is 1.17 bits per heavy atom. The molecule has 24 heavy (non-hydrogen) atoms. The molecular weight excluding hydrogens is 329 g/mol. The van der Waals surface area contributed by atoms with Crippen LogP contribution < -0.4 is 4.74 Å². The Labute approximate surface area is 141 Å². The largest absolute Gasteiger partial charge is 0.494 e. The minimum Gasteiger partial charge on any atom is -0.494 e. The monoisotopic (exact) mass is 349 g/mol. The molecule has 0 bridgehead atoms. The SMILES string of the molecule is CCOc1ccc(S(=O)(=O)N2CCCC2c2ccccc2F)cc1. The Hall–Kier alpha value is -1.92. The van der Waals surface area contributed by atoms with E-state index in [0.717, 1.165) is 6.42 Å². The van der Waals surface area contributed by atoms with E-state index in [1.54, 1.807) is 30.3 Å². The van der Waals surface area contributed by atoms with Gasteiger partial charge in [-0.2, -0.15) is 4.31 Å². The van der Waals surface area contributed by atoms with Gasteiger partial charge in [0.2, 0.25) is 10.0 Å². The van der Waals surface area contributed by atoms with Crippen molar-refractivity contribution in [2.24, 2.45) is 0 Å². The number of benzene rings is 2. The van der Waals surface area contributed by atoms with Gasteiger partial charge in [-0.1, -0.05) is 18.2 Å². The fraction of sp³-hybridized carbons (Fsp3) is 0.333. The van der Waals surface area contributed by atoms with Gasteiger partial charge in [-0.3, -0.25) is 0 Å². The van der Waals surface area contributed by atoms with Gasteiger partial charge in [-0.25, -0.2) is 12.8 Å². The summed E-state index contributed by atoms with van der Waals surface area (Å²) in [5, 5.41) is 0. The van der Waals surface area contributed by atoms with Gasteiger partial charge in [0.25, 0.3) is 0 Å². The van der Waals surface area contributed by atoms with E-state index in [1.807, 2.05) is 6.92 Å². The molecule has 1 saturated heterocycles. The van der Waals surface area contributed by atoms with Gasteiger partial charge >= 0.3 is 0 Å². The van der Waals surface area contributed by atoms with Gasteiger partial charge in [0, 0.05) is 12.1 Å². The van der Waals surface area contributed by atoms with E-state index in [2.05, 4.69) is 0 Å². The molecule has 0 aromatic heterocycles. The molecule has 1 heterocycles. The number of ether oxygens (including phenoxy) is 1. The highest BCUT2D eigenvalue weighted by Crippen LogP contribution is 2.37. The zero-order valence-corrected chi connectivity index (χ0v) is 14.3. The van der Waals surface area contributed by atoms with Crippen molar-refractivity contribution in [1.29, 1.82) is 0 Å². The number of halogens is 1. The Morgan fingerprint density at radius 2 is 1.88 bits per heavy atom. The van der Waals surface area contributed by atoms with Crippen LogP contribution in [0.2, 0.25) is 0 Å². The van der Waals surface area contributed by atoms with Crippen LogP contribution in [0.15, 0.2) is 53.4 Å². The first kappa shape index (κ1) is 16.9. The van der Waals surface area contributed by atoms with Crippen molar-refractivity contribution in [2.45, 2.75) is 30.7 Å². The lowest BCUT2D eigenvalue weighted by atomic mass is 10.1. The summed E-state index contributed by atoms with van der Waals surface area (Å²) >= 11 is 0. The lowest BCUT2D eigenvalue weighted by molar-refractivity contribution is 0.340. The molecule has 1 unspecified atom stereocenters. The summed E-state index contributed by atoms with van der Waals surface area (Å²) in [6.45, 7) is 2.79. The zero-order valence-electron chi connectivity index (χ0n) is 13.5. The van der Waals surface area contributed by atoms with Crippen molar-refractivity contribution in [1.82, 2.24) is 4.31 Å². The summed E-state index contributed by atoms with van der Waals surface area (Å²) < 4.78 is 46.8. The molecule has 0 saturated carbocycles. The van der Waals surface area contributed by atoms with Crippen LogP contribution >= 0.6 is 0 Å². The smallest absolute Gasteiger partial charge is 0.243 e. The summed E-state index contributed by atoms with van der Waals surface area (Å²) in [6, 6.07) is 12.3. The summed E-state index contributed by atoms with van der Waals surface area (Å²) in [6.07, 6.45) is 1.34. The molecule has 128 valence electrons. The molecule has 2 aromatic carbocycles. The Bertz CT molecular complexity index is 805. The first-order chi connectivity index (χ1) is 11.5. The van der Waals surface area contributed by atoms with Crippen LogP contribution in [0.4, 0.5) is 4.39 Å². The van der Waals surface area contributed by atoms with E-state index in [0.29, 0.717) is 30.9 Å². The van der Waals surface area contributed by atoms with Gasteiger partial charge in [-0.15, -0.1) is 0 Å². The third-order valence-corrected chi connectivity index (χ3v) is 6.13. The third kappa shape index (κ3) is 3.16. The molecule has 0 spiro atoms. The van der Waals surface area contributed by atoms with E-state index in [9.17, 15) is 12.8 Å². The van der Waals surface area contributed by atoms with E-state index < -0.39 is 16.1 Å². The molecule has 0 amide bonds. The summed E-state index contributed by atoms with van der Waals surface area (Å²) in [7, 11) is -3.67. The van der Waals surface area contributed by atoms with E-state index in [-0.39, 0.29) is 10.7 Å². The quantitative estimate of drug-likeness (QED) is 0.826. The second-order valence-corrected chi connectivity index (χ2v) is 7.59. The normalized spacial score (nSPS) is 18.7. The fourth-order valence-electron chi connectivity index (χ4n) is 3.09. The molecular formula is C18H20FNO3S. The molecule has 0 aliphatic carbocycles. The molecule has 1 aliphatic heterocycles. The topological polar surface area (TPSA) is 46.6 Å². The standard InChI is InChI=1S/C18H20FNO3S/c1-2-23-14-9-11-15(12-10-14)24(21,22)20-13-5-8-18(20)16-6-3-4-7-17(16)19/h3-4,6-7,9-12,18H,2,5,8,13H2,1H3. The van der Waals surface area contributed by atoms with Gasteiger partial charge in [0.15, 0.2) is 0 Å². The predicted molar refractivity (Wildman–Crippen MR) is 89.9 cm³/mol. The first-order valence-electron chi connectivity index (χ1n) is 8.03. The maximum atomic E-state index is 14.1. The highest BCUT2D eigenvalue weighted by Gasteiger charge is 2.37. The van der Waals surface area contributed by atoms with Crippen LogP contribution in [0.3, 0.4) is 0 Å². The minimum atomic E-state index is -3.67. The van der Waals surface area contributed by atoms with Gasteiger partial charge < -0.3 is 4.74 Å². The predicted octanol–water partition coefficient (Wildman–Crippen LogP) is 3.75. The molecule has 0 N–H and O–H groups in total. The van der Waals surface area contributed by atoms with Crippen molar-refractivity contribution < 1.29 is 17.5 Å². The summed E-state index contributed by atoms with van der Waals surface area (Å²) in [4.78, 5) is 0.203. The average Bonchev–Trinajstić information content (AvgIpc) is 3.06. The van der Waals surface area contributed by atoms with Crippen LogP contribution in [0.1, 0.15) is 31.4 Å². The van der Waals surface area contributed by atoms with Crippen molar-refractivity contribution in [2.75, 3.05) is 13.2 Å². The molecule has 6 heteroatoms. The number of hydrogen-bond donors (Lipinski definition) is 0. The van der Waals surface area contributed by atoms with E-state index >= 15 is 0 Å². The maximum absolute atomic E-state index is 14.1. The molecule has 2 aromatic rings. The molecule has 4 nitrogen and oxygen atoms in total. The van der Waals surface area contributed by atoms with E-state index in [1.165, 1.54) is 22.5 Å². The Morgan fingerprint density at radius 3 is 2.54 bits per heavy atom. The second kappa shape index (κ2) is 6.91. The third-order valence-electron chi connectivity index (χ3n) is 4.21. The highest BCUT2D eigenvalue weighted by molar-refractivity contribution is 7.89. The lowest BCUT2D eigenvalue weighted by Gasteiger charge is -2.24. The van der Waals surface area contributed by atoms with Gasteiger partial charge in [0.1, 0.15) is 11.6 Å². The molecule has 1 fully saturated rings. The average molecular weight is 349 g/mol. The first-order valence-corrected chi connectivity index (χ1v) is 9.47. The maximum Gasteiger partial charge on any atom is 0.243 e. The summed E-state index contributed by atoms with van der Waals surface area (Å²) in [5.74, 6) is 0.264. The highest BCUT2D eigenvalue weighted by atomic mass is 32.2. The van der Waals surface area contributed by atoms with Crippen LogP contribution in [-0.2, 0) is 10.0 Å². The molecule has 3 rings (SSSR count). The van der Waals surface area contributed by atoms with Crippen LogP contribution in [0.5, 0.6) is 5.75 Å². The summed E-state index contributed by atoms with van der Waals surface area (Å²) in [5.41, 5.74) is 0.435. The van der Waals surface area contributed by atoms with Crippen LogP contribution in [-0.4, -0.2) is 25.9 Å². The molecule has 1 atom stereocenters. The zero-order chi connectivity index (χ0) is 17.2. The molecule has 1 aliphatic rings. The second-order valence-electron chi connectivity index (χ2n) is 5.70. The lowest BCUT2D eigenvalue weighted by Crippen LogP contribution is -2.31. The van der Waals surface area contributed by atoms with E-state index in [4.69, 9.17) is 4.74 Å². The number of nitrogens with zero attached hydrogens (tertiary/aromatic N) is 1.